The van der Waals surface area contributed by atoms with Crippen LogP contribution in [-0.2, 0) is 20.9 Å². The molecule has 1 aromatic rings. The van der Waals surface area contributed by atoms with E-state index in [4.69, 9.17) is 4.74 Å². The summed E-state index contributed by atoms with van der Waals surface area (Å²) in [4.78, 5) is 22.5. The van der Waals surface area contributed by atoms with Gasteiger partial charge in [-0.05, 0) is 5.56 Å². The molecule has 0 aliphatic rings. The number of ether oxygens (including phenoxy) is 1. The van der Waals surface area contributed by atoms with Gasteiger partial charge in [-0.2, -0.15) is 0 Å². The van der Waals surface area contributed by atoms with Crippen molar-refractivity contribution in [2.24, 2.45) is 5.92 Å². The van der Waals surface area contributed by atoms with Crippen LogP contribution in [0.4, 0.5) is 0 Å². The van der Waals surface area contributed by atoms with Crippen LogP contribution < -0.4 is 5.32 Å². The molecule has 1 N–H and O–H groups in total. The van der Waals surface area contributed by atoms with Crippen molar-refractivity contribution in [2.45, 2.75) is 20.5 Å². The molecule has 4 heteroatoms. The Labute approximate surface area is 101 Å². The molecule has 0 radical (unpaired) electrons. The molecule has 0 aromatic heterocycles. The van der Waals surface area contributed by atoms with Crippen molar-refractivity contribution in [3.05, 3.63) is 35.9 Å². The summed E-state index contributed by atoms with van der Waals surface area (Å²) >= 11 is 0. The van der Waals surface area contributed by atoms with Gasteiger partial charge in [0.05, 0.1) is 0 Å². The molecule has 0 saturated heterocycles. The zero-order valence-electron chi connectivity index (χ0n) is 10.1. The summed E-state index contributed by atoms with van der Waals surface area (Å²) in [6.45, 7) is 3.69. The van der Waals surface area contributed by atoms with Gasteiger partial charge in [-0.25, -0.2) is 0 Å². The number of carbonyl (C=O) groups is 2. The van der Waals surface area contributed by atoms with Crippen LogP contribution in [0, 0.1) is 5.92 Å². The Morgan fingerprint density at radius 1 is 1.24 bits per heavy atom. The molecule has 0 spiro atoms. The predicted octanol–water partition coefficient (Wildman–Crippen LogP) is 1.50. The molecule has 0 fully saturated rings. The quantitative estimate of drug-likeness (QED) is 0.787. The van der Waals surface area contributed by atoms with E-state index in [-0.39, 0.29) is 25.0 Å². The van der Waals surface area contributed by atoms with Gasteiger partial charge in [-0.3, -0.25) is 9.59 Å². The molecule has 1 amide bonds. The van der Waals surface area contributed by atoms with Gasteiger partial charge < -0.3 is 10.1 Å². The number of hydrogen-bond donors (Lipinski definition) is 1. The van der Waals surface area contributed by atoms with Gasteiger partial charge in [0, 0.05) is 5.92 Å². The molecular formula is C13H17NO3. The van der Waals surface area contributed by atoms with Crippen molar-refractivity contribution in [2.75, 3.05) is 6.54 Å². The van der Waals surface area contributed by atoms with E-state index in [1.807, 2.05) is 30.3 Å². The molecule has 0 aliphatic carbocycles. The van der Waals surface area contributed by atoms with E-state index >= 15 is 0 Å². The number of hydrogen-bond acceptors (Lipinski definition) is 3. The van der Waals surface area contributed by atoms with Gasteiger partial charge >= 0.3 is 5.97 Å². The Balaban J connectivity index is 2.24. The van der Waals surface area contributed by atoms with Crippen molar-refractivity contribution in [3.8, 4) is 0 Å². The number of amides is 1. The van der Waals surface area contributed by atoms with Crippen molar-refractivity contribution in [1.82, 2.24) is 5.32 Å². The SMILES string of the molecule is CC(C)C(=O)NCC(=O)OCc1ccccc1. The fourth-order valence-corrected chi connectivity index (χ4v) is 1.15. The molecule has 0 bridgehead atoms. The topological polar surface area (TPSA) is 55.4 Å². The summed E-state index contributed by atoms with van der Waals surface area (Å²) in [5.74, 6) is -0.707. The number of rotatable bonds is 5. The minimum absolute atomic E-state index is 0.0795. The fourth-order valence-electron chi connectivity index (χ4n) is 1.15. The van der Waals surface area contributed by atoms with E-state index in [0.717, 1.165) is 5.56 Å². The van der Waals surface area contributed by atoms with E-state index in [1.54, 1.807) is 13.8 Å². The number of nitrogens with one attached hydrogen (secondary N) is 1. The van der Waals surface area contributed by atoms with Crippen LogP contribution in [0.3, 0.4) is 0 Å². The van der Waals surface area contributed by atoms with E-state index in [1.165, 1.54) is 0 Å². The fraction of sp³-hybridized carbons (Fsp3) is 0.385. The first-order chi connectivity index (χ1) is 8.09. The molecule has 4 nitrogen and oxygen atoms in total. The second kappa shape index (κ2) is 6.68. The molecule has 1 aromatic carbocycles. The van der Waals surface area contributed by atoms with Crippen LogP contribution in [0.25, 0.3) is 0 Å². The van der Waals surface area contributed by atoms with Crippen LogP contribution in [0.5, 0.6) is 0 Å². The van der Waals surface area contributed by atoms with Crippen LogP contribution in [0.1, 0.15) is 19.4 Å². The molecular weight excluding hydrogens is 218 g/mol. The van der Waals surface area contributed by atoms with Crippen LogP contribution in [0.2, 0.25) is 0 Å². The maximum absolute atomic E-state index is 11.3. The molecule has 0 unspecified atom stereocenters. The highest BCUT2D eigenvalue weighted by molar-refractivity contribution is 5.82. The average molecular weight is 235 g/mol. The third-order valence-corrected chi connectivity index (χ3v) is 2.17. The highest BCUT2D eigenvalue weighted by Gasteiger charge is 2.09. The lowest BCUT2D eigenvalue weighted by Crippen LogP contribution is -2.33. The van der Waals surface area contributed by atoms with Gasteiger partial charge in [-0.1, -0.05) is 44.2 Å². The number of benzene rings is 1. The molecule has 0 aliphatic heterocycles. The monoisotopic (exact) mass is 235 g/mol. The Kier molecular flexibility index (Phi) is 5.20. The van der Waals surface area contributed by atoms with Crippen LogP contribution >= 0.6 is 0 Å². The van der Waals surface area contributed by atoms with E-state index in [2.05, 4.69) is 5.32 Å². The Hall–Kier alpha value is -1.84. The van der Waals surface area contributed by atoms with E-state index < -0.39 is 5.97 Å². The maximum Gasteiger partial charge on any atom is 0.325 e. The van der Waals surface area contributed by atoms with E-state index in [9.17, 15) is 9.59 Å². The summed E-state index contributed by atoms with van der Waals surface area (Å²) in [6.07, 6.45) is 0. The van der Waals surface area contributed by atoms with Gasteiger partial charge in [0.25, 0.3) is 0 Å². The smallest absolute Gasteiger partial charge is 0.325 e. The molecule has 92 valence electrons. The summed E-state index contributed by atoms with van der Waals surface area (Å²) in [5, 5.41) is 2.50. The van der Waals surface area contributed by atoms with E-state index in [0.29, 0.717) is 0 Å². The predicted molar refractivity (Wildman–Crippen MR) is 64.1 cm³/mol. The molecule has 0 heterocycles. The highest BCUT2D eigenvalue weighted by atomic mass is 16.5. The van der Waals surface area contributed by atoms with Gasteiger partial charge in [-0.15, -0.1) is 0 Å². The lowest BCUT2D eigenvalue weighted by molar-refractivity contribution is -0.145. The highest BCUT2D eigenvalue weighted by Crippen LogP contribution is 2.00. The van der Waals surface area contributed by atoms with Crippen molar-refractivity contribution < 1.29 is 14.3 Å². The van der Waals surface area contributed by atoms with Crippen molar-refractivity contribution in [3.63, 3.8) is 0 Å². The first kappa shape index (κ1) is 13.2. The molecule has 0 atom stereocenters. The van der Waals surface area contributed by atoms with Gasteiger partial charge in [0.2, 0.25) is 5.91 Å². The summed E-state index contributed by atoms with van der Waals surface area (Å²) in [6, 6.07) is 9.40. The largest absolute Gasteiger partial charge is 0.460 e. The Bertz CT molecular complexity index is 374. The third-order valence-electron chi connectivity index (χ3n) is 2.17. The first-order valence-electron chi connectivity index (χ1n) is 5.57. The first-order valence-corrected chi connectivity index (χ1v) is 5.57. The minimum atomic E-state index is -0.428. The second-order valence-electron chi connectivity index (χ2n) is 4.02. The Morgan fingerprint density at radius 3 is 2.47 bits per heavy atom. The second-order valence-corrected chi connectivity index (χ2v) is 4.02. The molecule has 0 saturated carbocycles. The van der Waals surface area contributed by atoms with Gasteiger partial charge in [0.1, 0.15) is 13.2 Å². The lowest BCUT2D eigenvalue weighted by atomic mass is 10.2. The van der Waals surface area contributed by atoms with Crippen molar-refractivity contribution >= 4 is 11.9 Å². The summed E-state index contributed by atoms with van der Waals surface area (Å²) in [7, 11) is 0. The summed E-state index contributed by atoms with van der Waals surface area (Å²) < 4.78 is 5.00. The number of esters is 1. The normalized spacial score (nSPS) is 10.1. The zero-order valence-corrected chi connectivity index (χ0v) is 10.1. The van der Waals surface area contributed by atoms with Crippen LogP contribution in [-0.4, -0.2) is 18.4 Å². The van der Waals surface area contributed by atoms with Crippen LogP contribution in [0.15, 0.2) is 30.3 Å². The number of carbonyl (C=O) groups excluding carboxylic acids is 2. The van der Waals surface area contributed by atoms with Gasteiger partial charge in [0.15, 0.2) is 0 Å². The molecule has 1 rings (SSSR count). The Morgan fingerprint density at radius 2 is 1.88 bits per heavy atom. The maximum atomic E-state index is 11.3. The lowest BCUT2D eigenvalue weighted by Gasteiger charge is -2.08. The average Bonchev–Trinajstić information content (AvgIpc) is 2.34. The standard InChI is InChI=1S/C13H17NO3/c1-10(2)13(16)14-8-12(15)17-9-11-6-4-3-5-7-11/h3-7,10H,8-9H2,1-2H3,(H,14,16). The molecule has 17 heavy (non-hydrogen) atoms. The third kappa shape index (κ3) is 5.15. The minimum Gasteiger partial charge on any atom is -0.460 e. The zero-order chi connectivity index (χ0) is 12.7. The van der Waals surface area contributed by atoms with Crippen molar-refractivity contribution in [1.29, 1.82) is 0 Å². The summed E-state index contributed by atoms with van der Waals surface area (Å²) in [5.41, 5.74) is 0.927.